The van der Waals surface area contributed by atoms with Gasteiger partial charge in [-0.05, 0) is 95.8 Å². The Hall–Kier alpha value is -3.15. The fourth-order valence-corrected chi connectivity index (χ4v) is 6.92. The second-order valence-electron chi connectivity index (χ2n) is 11.5. The van der Waals surface area contributed by atoms with Crippen LogP contribution in [-0.2, 0) is 26.7 Å². The first-order valence-electron chi connectivity index (χ1n) is 14.3. The number of aliphatic hydroxyl groups is 2. The topological polar surface area (TPSA) is 117 Å². The Bertz CT molecular complexity index is 1570. The Balaban J connectivity index is 1.65. The molecule has 0 aromatic heterocycles. The summed E-state index contributed by atoms with van der Waals surface area (Å²) in [6.07, 6.45) is -9.53. The number of anilines is 1. The zero-order chi connectivity index (χ0) is 35.0. The molecule has 0 saturated carbocycles. The molecule has 0 bridgehead atoms. The van der Waals surface area contributed by atoms with Crippen LogP contribution in [0.15, 0.2) is 47.1 Å². The highest BCUT2D eigenvalue weighted by Gasteiger charge is 2.55. The average molecular weight is 784 g/mol. The Morgan fingerprint density at radius 2 is 1.66 bits per heavy atom. The highest BCUT2D eigenvalue weighted by molar-refractivity contribution is 14.1. The maximum Gasteiger partial charge on any atom is 0.416 e. The Morgan fingerprint density at radius 3 is 2.19 bits per heavy atom. The third kappa shape index (κ3) is 7.62. The molecular weight excluding hydrogens is 751 g/mol. The van der Waals surface area contributed by atoms with Crippen molar-refractivity contribution < 1.29 is 60.7 Å². The van der Waals surface area contributed by atoms with Gasteiger partial charge in [-0.2, -0.15) is 26.3 Å². The molecule has 4 rings (SSSR count). The van der Waals surface area contributed by atoms with E-state index in [0.29, 0.717) is 32.6 Å². The summed E-state index contributed by atoms with van der Waals surface area (Å²) in [6.45, 7) is 0.978. The van der Waals surface area contributed by atoms with E-state index in [-0.39, 0.29) is 42.6 Å². The van der Waals surface area contributed by atoms with Gasteiger partial charge in [0.25, 0.3) is 0 Å². The van der Waals surface area contributed by atoms with Gasteiger partial charge in [-0.25, -0.2) is 4.90 Å². The lowest BCUT2D eigenvalue weighted by atomic mass is 9.68. The van der Waals surface area contributed by atoms with Crippen molar-refractivity contribution in [3.8, 4) is 11.5 Å². The number of amides is 2. The van der Waals surface area contributed by atoms with Crippen molar-refractivity contribution in [1.82, 2.24) is 0 Å². The number of fused-ring (bicyclic) bond motifs is 1. The van der Waals surface area contributed by atoms with Crippen LogP contribution in [-0.4, -0.2) is 60.7 Å². The summed E-state index contributed by atoms with van der Waals surface area (Å²) >= 11 is 1.96. The fourth-order valence-electron chi connectivity index (χ4n) is 6.30. The SMILES string of the molecule is COCC1=C([C@H](O)CC/C(C)=C/c2cc(I)c(O)c(OC)c2)[C@H](CO)[C@@H]2C(=O)N(c3cc(C(F)(F)F)cc(C(F)(F)F)c3)C(=O)[C@@H]2C1. The second kappa shape index (κ2) is 14.1. The van der Waals surface area contributed by atoms with Crippen LogP contribution in [0.25, 0.3) is 6.08 Å². The largest absolute Gasteiger partial charge is 0.504 e. The lowest BCUT2D eigenvalue weighted by Gasteiger charge is -2.36. The van der Waals surface area contributed by atoms with Gasteiger partial charge >= 0.3 is 12.4 Å². The zero-order valence-electron chi connectivity index (χ0n) is 25.4. The number of phenols is 1. The number of halogens is 7. The molecule has 2 aromatic carbocycles. The lowest BCUT2D eigenvalue weighted by molar-refractivity contribution is -0.143. The molecule has 1 heterocycles. The molecule has 0 spiro atoms. The molecule has 15 heteroatoms. The number of ether oxygens (including phenoxy) is 2. The number of alkyl halides is 6. The van der Waals surface area contributed by atoms with E-state index in [4.69, 9.17) is 9.47 Å². The van der Waals surface area contributed by atoms with Crippen molar-refractivity contribution in [2.24, 2.45) is 17.8 Å². The molecular formula is C32H32F6INO7. The summed E-state index contributed by atoms with van der Waals surface area (Å²) < 4.78 is 92.4. The van der Waals surface area contributed by atoms with E-state index in [1.54, 1.807) is 12.1 Å². The Labute approximate surface area is 279 Å². The van der Waals surface area contributed by atoms with Crippen LogP contribution >= 0.6 is 22.6 Å². The summed E-state index contributed by atoms with van der Waals surface area (Å²) in [5.74, 6) is -5.52. The molecule has 1 aliphatic carbocycles. The quantitative estimate of drug-likeness (QED) is 0.111. The van der Waals surface area contributed by atoms with E-state index >= 15 is 0 Å². The Kier molecular flexibility index (Phi) is 11.0. The van der Waals surface area contributed by atoms with Crippen molar-refractivity contribution in [3.63, 3.8) is 0 Å². The van der Waals surface area contributed by atoms with Crippen LogP contribution in [0.4, 0.5) is 32.0 Å². The minimum Gasteiger partial charge on any atom is -0.504 e. The second-order valence-corrected chi connectivity index (χ2v) is 12.7. The highest BCUT2D eigenvalue weighted by atomic mass is 127. The number of imide groups is 1. The van der Waals surface area contributed by atoms with Gasteiger partial charge in [-0.15, -0.1) is 0 Å². The number of aromatic hydroxyl groups is 1. The van der Waals surface area contributed by atoms with E-state index in [1.165, 1.54) is 14.2 Å². The standard InChI is InChI=1S/C32H32F6INO7/c1-15(6-16-7-23(39)28(43)25(8-16)47-3)4-5-24(42)26-17(14-46-2)9-21-27(22(26)13-41)30(45)40(29(21)44)20-11-18(31(33,34)35)10-19(12-20)32(36,37)38/h6-8,10-12,21-22,24,27,41-43H,4-5,9,13-14H2,1-3H3/b15-6+/t21-,22+,24-,27-/m1/s1. The fraction of sp³-hybridized carbons (Fsp3) is 0.438. The van der Waals surface area contributed by atoms with Crippen LogP contribution < -0.4 is 9.64 Å². The van der Waals surface area contributed by atoms with Crippen molar-refractivity contribution >= 4 is 46.2 Å². The number of benzene rings is 2. The summed E-state index contributed by atoms with van der Waals surface area (Å²) in [7, 11) is 2.77. The maximum absolute atomic E-state index is 13.7. The van der Waals surface area contributed by atoms with Crippen molar-refractivity contribution in [2.45, 2.75) is 44.6 Å². The van der Waals surface area contributed by atoms with Gasteiger partial charge in [0.1, 0.15) is 0 Å². The third-order valence-electron chi connectivity index (χ3n) is 8.38. The molecule has 0 radical (unpaired) electrons. The zero-order valence-corrected chi connectivity index (χ0v) is 27.5. The van der Waals surface area contributed by atoms with Crippen LogP contribution in [0.2, 0.25) is 0 Å². The minimum atomic E-state index is -5.20. The number of phenolic OH excluding ortho intramolecular Hbond substituents is 1. The summed E-state index contributed by atoms with van der Waals surface area (Å²) in [5.41, 5.74) is -2.06. The molecule has 2 amide bonds. The monoisotopic (exact) mass is 783 g/mol. The molecule has 1 saturated heterocycles. The van der Waals surface area contributed by atoms with Crippen LogP contribution in [0.1, 0.15) is 42.9 Å². The number of carbonyl (C=O) groups excluding carboxylic acids is 2. The first kappa shape index (κ1) is 36.7. The molecule has 2 aliphatic rings. The van der Waals surface area contributed by atoms with Gasteiger partial charge in [0.15, 0.2) is 11.5 Å². The van der Waals surface area contributed by atoms with Gasteiger partial charge in [-0.1, -0.05) is 11.6 Å². The predicted molar refractivity (Wildman–Crippen MR) is 166 cm³/mol. The number of aliphatic hydroxyl groups excluding tert-OH is 2. The van der Waals surface area contributed by atoms with Crippen molar-refractivity contribution in [3.05, 3.63) is 67.3 Å². The van der Waals surface area contributed by atoms with Gasteiger partial charge in [-0.3, -0.25) is 9.59 Å². The van der Waals surface area contributed by atoms with E-state index in [9.17, 15) is 51.3 Å². The molecule has 47 heavy (non-hydrogen) atoms. The number of hydrogen-bond donors (Lipinski definition) is 3. The highest BCUT2D eigenvalue weighted by Crippen LogP contribution is 2.48. The number of rotatable bonds is 10. The van der Waals surface area contributed by atoms with E-state index in [1.807, 2.05) is 35.6 Å². The summed E-state index contributed by atoms with van der Waals surface area (Å²) in [6, 6.07) is 3.90. The molecule has 3 N–H and O–H groups in total. The van der Waals surface area contributed by atoms with E-state index in [0.717, 1.165) is 11.1 Å². The van der Waals surface area contributed by atoms with Crippen LogP contribution in [0.3, 0.4) is 0 Å². The normalized spacial score (nSPS) is 21.4. The molecule has 1 aliphatic heterocycles. The number of methoxy groups -OCH3 is 2. The molecule has 1 fully saturated rings. The number of hydrogen-bond acceptors (Lipinski definition) is 7. The van der Waals surface area contributed by atoms with Gasteiger partial charge in [0.2, 0.25) is 11.8 Å². The number of allylic oxidation sites excluding steroid dienone is 1. The van der Waals surface area contributed by atoms with E-state index in [2.05, 4.69) is 0 Å². The van der Waals surface area contributed by atoms with Crippen molar-refractivity contribution in [1.29, 1.82) is 0 Å². The molecule has 8 nitrogen and oxygen atoms in total. The first-order chi connectivity index (χ1) is 21.9. The van der Waals surface area contributed by atoms with Crippen molar-refractivity contribution in [2.75, 3.05) is 32.3 Å². The molecule has 256 valence electrons. The minimum absolute atomic E-state index is 0.00561. The molecule has 0 unspecified atom stereocenters. The smallest absolute Gasteiger partial charge is 0.416 e. The molecule has 4 atom stereocenters. The maximum atomic E-state index is 13.7. The Morgan fingerprint density at radius 1 is 1.04 bits per heavy atom. The third-order valence-corrected chi connectivity index (χ3v) is 9.21. The average Bonchev–Trinajstić information content (AvgIpc) is 3.24. The van der Waals surface area contributed by atoms with Crippen LogP contribution in [0.5, 0.6) is 11.5 Å². The number of nitrogens with zero attached hydrogens (tertiary/aromatic N) is 1. The van der Waals surface area contributed by atoms with Gasteiger partial charge in [0, 0.05) is 13.0 Å². The lowest BCUT2D eigenvalue weighted by Crippen LogP contribution is -2.39. The van der Waals surface area contributed by atoms with E-state index < -0.39 is 71.4 Å². The summed E-state index contributed by atoms with van der Waals surface area (Å²) in [5, 5.41) is 32.0. The molecule has 2 aromatic rings. The van der Waals surface area contributed by atoms with Gasteiger partial charge < -0.3 is 24.8 Å². The summed E-state index contributed by atoms with van der Waals surface area (Å²) in [4.78, 5) is 27.6. The number of carbonyl (C=O) groups is 2. The first-order valence-corrected chi connectivity index (χ1v) is 15.4. The van der Waals surface area contributed by atoms with Crippen LogP contribution in [0, 0.1) is 21.3 Å². The predicted octanol–water partition coefficient (Wildman–Crippen LogP) is 6.35. The van der Waals surface area contributed by atoms with Gasteiger partial charge in [0.05, 0.1) is 58.6 Å².